The van der Waals surface area contributed by atoms with Gasteiger partial charge in [-0.2, -0.15) is 5.26 Å². The van der Waals surface area contributed by atoms with Gasteiger partial charge in [-0.05, 0) is 18.2 Å². The number of para-hydroxylation sites is 3. The van der Waals surface area contributed by atoms with Gasteiger partial charge in [0.25, 0.3) is 0 Å². The molecule has 1 aromatic heterocycles. The standard InChI is InChI=1S/C18H17N3O/c1-21-16-9-5-3-7-13(16)14(11-19)17(21)12-20-15-8-4-6-10-18(15)22-2/h3-10,20H,12H2,1-2H3. The van der Waals surface area contributed by atoms with Gasteiger partial charge in [0.1, 0.15) is 11.8 Å². The van der Waals surface area contributed by atoms with Crippen LogP contribution in [0.4, 0.5) is 5.69 Å². The molecule has 110 valence electrons. The van der Waals surface area contributed by atoms with E-state index >= 15 is 0 Å². The molecule has 0 aliphatic heterocycles. The molecular formula is C18H17N3O. The summed E-state index contributed by atoms with van der Waals surface area (Å²) in [5.74, 6) is 0.791. The molecule has 4 nitrogen and oxygen atoms in total. The van der Waals surface area contributed by atoms with Gasteiger partial charge in [0.05, 0.1) is 30.6 Å². The molecule has 0 radical (unpaired) electrons. The summed E-state index contributed by atoms with van der Waals surface area (Å²) < 4.78 is 7.41. The molecule has 3 aromatic rings. The Hall–Kier alpha value is -2.93. The van der Waals surface area contributed by atoms with Crippen molar-refractivity contribution in [3.05, 3.63) is 59.8 Å². The number of benzene rings is 2. The number of fused-ring (bicyclic) bond motifs is 1. The smallest absolute Gasteiger partial charge is 0.141 e. The minimum Gasteiger partial charge on any atom is -0.495 e. The molecule has 22 heavy (non-hydrogen) atoms. The van der Waals surface area contributed by atoms with Crippen LogP contribution in [0.1, 0.15) is 11.3 Å². The molecule has 0 atom stereocenters. The maximum Gasteiger partial charge on any atom is 0.141 e. The minimum absolute atomic E-state index is 0.564. The Bertz CT molecular complexity index is 858. The first-order valence-corrected chi connectivity index (χ1v) is 7.09. The normalized spacial score (nSPS) is 10.4. The molecule has 0 aliphatic carbocycles. The summed E-state index contributed by atoms with van der Waals surface area (Å²) in [5.41, 5.74) is 3.67. The summed E-state index contributed by atoms with van der Waals surface area (Å²) in [7, 11) is 3.64. The zero-order valence-electron chi connectivity index (χ0n) is 12.6. The predicted octanol–water partition coefficient (Wildman–Crippen LogP) is 3.67. The molecule has 1 heterocycles. The van der Waals surface area contributed by atoms with Gasteiger partial charge in [-0.25, -0.2) is 0 Å². The summed E-state index contributed by atoms with van der Waals surface area (Å²) in [6.45, 7) is 0.564. The van der Waals surface area contributed by atoms with Crippen LogP contribution in [0.3, 0.4) is 0 Å². The summed E-state index contributed by atoms with van der Waals surface area (Å²) in [6.07, 6.45) is 0. The van der Waals surface area contributed by atoms with E-state index in [1.807, 2.05) is 55.6 Å². The van der Waals surface area contributed by atoms with Gasteiger partial charge >= 0.3 is 0 Å². The van der Waals surface area contributed by atoms with Crippen LogP contribution in [0.2, 0.25) is 0 Å². The minimum atomic E-state index is 0.564. The highest BCUT2D eigenvalue weighted by Crippen LogP contribution is 2.27. The van der Waals surface area contributed by atoms with Crippen LogP contribution in [0.5, 0.6) is 5.75 Å². The van der Waals surface area contributed by atoms with E-state index in [0.29, 0.717) is 6.54 Å². The molecule has 0 amide bonds. The molecule has 4 heteroatoms. The largest absolute Gasteiger partial charge is 0.495 e. The molecule has 0 saturated carbocycles. The monoisotopic (exact) mass is 291 g/mol. The van der Waals surface area contributed by atoms with Gasteiger partial charge in [-0.3, -0.25) is 0 Å². The van der Waals surface area contributed by atoms with Crippen molar-refractivity contribution in [1.82, 2.24) is 4.57 Å². The molecule has 0 fully saturated rings. The maximum absolute atomic E-state index is 9.51. The highest BCUT2D eigenvalue weighted by molar-refractivity contribution is 5.88. The number of aryl methyl sites for hydroxylation is 1. The Morgan fingerprint density at radius 3 is 2.64 bits per heavy atom. The van der Waals surface area contributed by atoms with E-state index in [4.69, 9.17) is 4.74 Å². The number of nitrogens with zero attached hydrogens (tertiary/aromatic N) is 2. The molecule has 1 N–H and O–H groups in total. The number of methoxy groups -OCH3 is 1. The Balaban J connectivity index is 1.98. The van der Waals surface area contributed by atoms with E-state index in [0.717, 1.165) is 33.6 Å². The fourth-order valence-corrected chi connectivity index (χ4v) is 2.75. The lowest BCUT2D eigenvalue weighted by Gasteiger charge is -2.12. The third-order valence-corrected chi connectivity index (χ3v) is 3.89. The molecule has 0 bridgehead atoms. The van der Waals surface area contributed by atoms with Crippen LogP contribution in [-0.2, 0) is 13.6 Å². The van der Waals surface area contributed by atoms with Crippen LogP contribution in [0.15, 0.2) is 48.5 Å². The van der Waals surface area contributed by atoms with E-state index in [2.05, 4.69) is 16.0 Å². The average Bonchev–Trinajstić information content (AvgIpc) is 2.85. The fourth-order valence-electron chi connectivity index (χ4n) is 2.75. The number of hydrogen-bond donors (Lipinski definition) is 1. The first-order chi connectivity index (χ1) is 10.8. The van der Waals surface area contributed by atoms with E-state index in [1.54, 1.807) is 7.11 Å². The Morgan fingerprint density at radius 1 is 1.14 bits per heavy atom. The van der Waals surface area contributed by atoms with E-state index in [-0.39, 0.29) is 0 Å². The zero-order chi connectivity index (χ0) is 15.5. The Labute approximate surface area is 129 Å². The van der Waals surface area contributed by atoms with Gasteiger partial charge in [-0.1, -0.05) is 30.3 Å². The third kappa shape index (κ3) is 2.27. The second kappa shape index (κ2) is 5.82. The fraction of sp³-hybridized carbons (Fsp3) is 0.167. The molecular weight excluding hydrogens is 274 g/mol. The quantitative estimate of drug-likeness (QED) is 0.798. The van der Waals surface area contributed by atoms with Crippen LogP contribution >= 0.6 is 0 Å². The van der Waals surface area contributed by atoms with Gasteiger partial charge in [0.2, 0.25) is 0 Å². The number of aromatic nitrogens is 1. The van der Waals surface area contributed by atoms with E-state index in [1.165, 1.54) is 0 Å². The van der Waals surface area contributed by atoms with Crippen LogP contribution in [-0.4, -0.2) is 11.7 Å². The Kier molecular flexibility index (Phi) is 3.71. The molecule has 0 unspecified atom stereocenters. The summed E-state index contributed by atoms with van der Waals surface area (Å²) in [4.78, 5) is 0. The summed E-state index contributed by atoms with van der Waals surface area (Å²) >= 11 is 0. The molecule has 3 rings (SSSR count). The van der Waals surface area contributed by atoms with Crippen molar-refractivity contribution in [3.63, 3.8) is 0 Å². The summed E-state index contributed by atoms with van der Waals surface area (Å²) in [5, 5.41) is 13.9. The van der Waals surface area contributed by atoms with Crippen molar-refractivity contribution < 1.29 is 4.74 Å². The second-order valence-electron chi connectivity index (χ2n) is 5.06. The first-order valence-electron chi connectivity index (χ1n) is 7.09. The van der Waals surface area contributed by atoms with Crippen molar-refractivity contribution in [2.75, 3.05) is 12.4 Å². The first kappa shape index (κ1) is 14.0. The lowest BCUT2D eigenvalue weighted by molar-refractivity contribution is 0.416. The number of hydrogen-bond acceptors (Lipinski definition) is 3. The highest BCUT2D eigenvalue weighted by atomic mass is 16.5. The topological polar surface area (TPSA) is 50.0 Å². The zero-order valence-corrected chi connectivity index (χ0v) is 12.6. The van der Waals surface area contributed by atoms with Gasteiger partial charge in [0, 0.05) is 18.0 Å². The number of nitriles is 1. The van der Waals surface area contributed by atoms with Gasteiger partial charge < -0.3 is 14.6 Å². The molecule has 2 aromatic carbocycles. The predicted molar refractivity (Wildman–Crippen MR) is 88.0 cm³/mol. The van der Waals surface area contributed by atoms with Crippen LogP contribution in [0, 0.1) is 11.3 Å². The highest BCUT2D eigenvalue weighted by Gasteiger charge is 2.14. The lowest BCUT2D eigenvalue weighted by Crippen LogP contribution is -2.07. The maximum atomic E-state index is 9.51. The van der Waals surface area contributed by atoms with Crippen molar-refractivity contribution in [2.24, 2.45) is 7.05 Å². The molecule has 0 spiro atoms. The van der Waals surface area contributed by atoms with Gasteiger partial charge in [-0.15, -0.1) is 0 Å². The second-order valence-corrected chi connectivity index (χ2v) is 5.06. The Morgan fingerprint density at radius 2 is 1.86 bits per heavy atom. The third-order valence-electron chi connectivity index (χ3n) is 3.89. The van der Waals surface area contributed by atoms with Crippen LogP contribution in [0.25, 0.3) is 10.9 Å². The number of ether oxygens (including phenoxy) is 1. The SMILES string of the molecule is COc1ccccc1NCc1c(C#N)c2ccccc2n1C. The summed E-state index contributed by atoms with van der Waals surface area (Å²) in [6, 6.07) is 18.1. The average molecular weight is 291 g/mol. The van der Waals surface area contributed by atoms with Crippen molar-refractivity contribution in [3.8, 4) is 11.8 Å². The van der Waals surface area contributed by atoms with Gasteiger partial charge in [0.15, 0.2) is 0 Å². The van der Waals surface area contributed by atoms with Crippen molar-refractivity contribution >= 4 is 16.6 Å². The lowest BCUT2D eigenvalue weighted by atomic mass is 10.1. The number of nitrogens with one attached hydrogen (secondary N) is 1. The number of anilines is 1. The molecule has 0 aliphatic rings. The van der Waals surface area contributed by atoms with Crippen LogP contribution < -0.4 is 10.1 Å². The van der Waals surface area contributed by atoms with E-state index in [9.17, 15) is 5.26 Å². The van der Waals surface area contributed by atoms with E-state index < -0.39 is 0 Å². The van der Waals surface area contributed by atoms with Crippen molar-refractivity contribution in [1.29, 1.82) is 5.26 Å². The number of rotatable bonds is 4. The molecule has 0 saturated heterocycles. The van der Waals surface area contributed by atoms with Crippen molar-refractivity contribution in [2.45, 2.75) is 6.54 Å².